The highest BCUT2D eigenvalue weighted by Crippen LogP contribution is 2.24. The van der Waals surface area contributed by atoms with Crippen LogP contribution in [0.5, 0.6) is 0 Å². The number of rotatable bonds is 5. The summed E-state index contributed by atoms with van der Waals surface area (Å²) in [6, 6.07) is 19.3. The summed E-state index contributed by atoms with van der Waals surface area (Å²) in [5.74, 6) is 1.16. The standard InChI is InChI=1S/C16H17S/c1-2-3-13-17-16-11-9-15(10-12-16)14-7-5-4-6-8-14/h4-12H,1-3,13H2. The Bertz CT molecular complexity index is 431. The highest BCUT2D eigenvalue weighted by molar-refractivity contribution is 7.99. The number of thioether (sulfide) groups is 1. The van der Waals surface area contributed by atoms with Crippen LogP contribution in [0.3, 0.4) is 0 Å². The molecule has 0 aromatic heterocycles. The molecule has 2 aromatic rings. The van der Waals surface area contributed by atoms with Gasteiger partial charge in [0.1, 0.15) is 0 Å². The maximum Gasteiger partial charge on any atom is 0.00723 e. The zero-order valence-corrected chi connectivity index (χ0v) is 10.7. The molecule has 0 aliphatic carbocycles. The van der Waals surface area contributed by atoms with E-state index in [4.69, 9.17) is 0 Å². The summed E-state index contributed by atoms with van der Waals surface area (Å²) in [7, 11) is 0. The highest BCUT2D eigenvalue weighted by atomic mass is 32.2. The predicted octanol–water partition coefficient (Wildman–Crippen LogP) is 5.06. The third-order valence-corrected chi connectivity index (χ3v) is 3.72. The fourth-order valence-corrected chi connectivity index (χ4v) is 2.58. The molecule has 1 radical (unpaired) electrons. The summed E-state index contributed by atoms with van der Waals surface area (Å²) in [5, 5.41) is 0. The molecule has 0 saturated heterocycles. The smallest absolute Gasteiger partial charge is 0.00723 e. The second-order valence-electron chi connectivity index (χ2n) is 3.95. The number of unbranched alkanes of at least 4 members (excludes halogenated alkanes) is 1. The second-order valence-corrected chi connectivity index (χ2v) is 5.11. The maximum absolute atomic E-state index is 3.86. The van der Waals surface area contributed by atoms with E-state index in [1.807, 2.05) is 17.8 Å². The van der Waals surface area contributed by atoms with Gasteiger partial charge in [-0.3, -0.25) is 0 Å². The van der Waals surface area contributed by atoms with E-state index < -0.39 is 0 Å². The van der Waals surface area contributed by atoms with Crippen molar-refractivity contribution in [1.82, 2.24) is 0 Å². The minimum Gasteiger partial charge on any atom is -0.126 e. The van der Waals surface area contributed by atoms with Gasteiger partial charge in [-0.05, 0) is 35.4 Å². The monoisotopic (exact) mass is 241 g/mol. The molecule has 0 atom stereocenters. The van der Waals surface area contributed by atoms with Crippen LogP contribution in [0, 0.1) is 6.92 Å². The van der Waals surface area contributed by atoms with Gasteiger partial charge in [-0.15, -0.1) is 11.8 Å². The zero-order valence-electron chi connectivity index (χ0n) is 9.93. The first kappa shape index (κ1) is 12.3. The SMILES string of the molecule is [CH2]CCCSc1ccc(-c2ccccc2)cc1. The topological polar surface area (TPSA) is 0 Å². The van der Waals surface area contributed by atoms with E-state index in [9.17, 15) is 0 Å². The lowest BCUT2D eigenvalue weighted by Gasteiger charge is -2.04. The van der Waals surface area contributed by atoms with Crippen molar-refractivity contribution in [2.24, 2.45) is 0 Å². The Balaban J connectivity index is 2.03. The molecule has 0 fully saturated rings. The van der Waals surface area contributed by atoms with Gasteiger partial charge in [0.25, 0.3) is 0 Å². The van der Waals surface area contributed by atoms with Crippen LogP contribution in [0.4, 0.5) is 0 Å². The molecule has 0 heterocycles. The lowest BCUT2D eigenvalue weighted by molar-refractivity contribution is 0.969. The second kappa shape index (κ2) is 6.51. The minimum atomic E-state index is 1.02. The molecule has 2 rings (SSSR count). The largest absolute Gasteiger partial charge is 0.126 e. The number of hydrogen-bond acceptors (Lipinski definition) is 1. The van der Waals surface area contributed by atoms with Gasteiger partial charge in [-0.2, -0.15) is 0 Å². The molecule has 0 aliphatic heterocycles. The molecule has 0 unspecified atom stereocenters. The summed E-state index contributed by atoms with van der Waals surface area (Å²) in [6.45, 7) is 3.86. The minimum absolute atomic E-state index is 1.02. The van der Waals surface area contributed by atoms with Gasteiger partial charge in [0, 0.05) is 4.90 Å². The molecule has 0 aliphatic rings. The zero-order chi connectivity index (χ0) is 11.9. The fourth-order valence-electron chi connectivity index (χ4n) is 1.67. The van der Waals surface area contributed by atoms with Crippen LogP contribution in [0.15, 0.2) is 59.5 Å². The number of benzene rings is 2. The van der Waals surface area contributed by atoms with Crippen molar-refractivity contribution in [1.29, 1.82) is 0 Å². The first-order chi connectivity index (χ1) is 8.40. The van der Waals surface area contributed by atoms with Gasteiger partial charge < -0.3 is 0 Å². The van der Waals surface area contributed by atoms with Crippen molar-refractivity contribution in [2.75, 3.05) is 5.75 Å². The van der Waals surface area contributed by atoms with Crippen molar-refractivity contribution in [2.45, 2.75) is 17.7 Å². The summed E-state index contributed by atoms with van der Waals surface area (Å²) in [6.07, 6.45) is 2.21. The molecule has 0 bridgehead atoms. The van der Waals surface area contributed by atoms with Crippen LogP contribution in [0.25, 0.3) is 11.1 Å². The third-order valence-electron chi connectivity index (χ3n) is 2.62. The van der Waals surface area contributed by atoms with Gasteiger partial charge >= 0.3 is 0 Å². The van der Waals surface area contributed by atoms with Crippen molar-refractivity contribution < 1.29 is 0 Å². The molecule has 87 valence electrons. The lowest BCUT2D eigenvalue weighted by atomic mass is 10.1. The third kappa shape index (κ3) is 3.64. The Morgan fingerprint density at radius 3 is 2.12 bits per heavy atom. The van der Waals surface area contributed by atoms with E-state index in [2.05, 4.69) is 55.5 Å². The molecule has 17 heavy (non-hydrogen) atoms. The van der Waals surface area contributed by atoms with Crippen molar-refractivity contribution in [3.8, 4) is 11.1 Å². The van der Waals surface area contributed by atoms with E-state index in [0.717, 1.165) is 12.2 Å². The summed E-state index contributed by atoms with van der Waals surface area (Å²) in [5.41, 5.74) is 2.56. The normalized spacial score (nSPS) is 10.4. The maximum atomic E-state index is 3.86. The molecule has 0 nitrogen and oxygen atoms in total. The summed E-state index contributed by atoms with van der Waals surface area (Å²) in [4.78, 5) is 1.35. The van der Waals surface area contributed by atoms with E-state index >= 15 is 0 Å². The summed E-state index contributed by atoms with van der Waals surface area (Å²) >= 11 is 1.91. The van der Waals surface area contributed by atoms with Crippen LogP contribution in [-0.2, 0) is 0 Å². The Kier molecular flexibility index (Phi) is 4.69. The Labute approximate surface area is 108 Å². The van der Waals surface area contributed by atoms with E-state index in [1.54, 1.807) is 0 Å². The van der Waals surface area contributed by atoms with Crippen molar-refractivity contribution >= 4 is 11.8 Å². The molecule has 2 aromatic carbocycles. The molecule has 0 saturated carbocycles. The van der Waals surface area contributed by atoms with Gasteiger partial charge in [0.15, 0.2) is 0 Å². The first-order valence-corrected chi connectivity index (χ1v) is 6.96. The molecule has 0 N–H and O–H groups in total. The van der Waals surface area contributed by atoms with Crippen LogP contribution in [-0.4, -0.2) is 5.75 Å². The van der Waals surface area contributed by atoms with Gasteiger partial charge in [0.05, 0.1) is 0 Å². The van der Waals surface area contributed by atoms with Crippen molar-refractivity contribution in [3.05, 3.63) is 61.5 Å². The predicted molar refractivity (Wildman–Crippen MR) is 77.2 cm³/mol. The highest BCUT2D eigenvalue weighted by Gasteiger charge is 1.97. The van der Waals surface area contributed by atoms with Crippen molar-refractivity contribution in [3.63, 3.8) is 0 Å². The number of hydrogen-bond donors (Lipinski definition) is 0. The van der Waals surface area contributed by atoms with Crippen LogP contribution in [0.1, 0.15) is 12.8 Å². The van der Waals surface area contributed by atoms with E-state index in [0.29, 0.717) is 0 Å². The Hall–Kier alpha value is -1.21. The average Bonchev–Trinajstić information content (AvgIpc) is 2.41. The van der Waals surface area contributed by atoms with Crippen LogP contribution >= 0.6 is 11.8 Å². The molecular weight excluding hydrogens is 224 g/mol. The lowest BCUT2D eigenvalue weighted by Crippen LogP contribution is -1.80. The van der Waals surface area contributed by atoms with E-state index in [-0.39, 0.29) is 0 Å². The van der Waals surface area contributed by atoms with Crippen LogP contribution < -0.4 is 0 Å². The first-order valence-electron chi connectivity index (χ1n) is 5.97. The molecule has 0 spiro atoms. The average molecular weight is 241 g/mol. The van der Waals surface area contributed by atoms with Gasteiger partial charge in [-0.25, -0.2) is 0 Å². The molecular formula is C16H17S. The summed E-state index contributed by atoms with van der Waals surface area (Å²) < 4.78 is 0. The van der Waals surface area contributed by atoms with E-state index in [1.165, 1.54) is 22.4 Å². The quantitative estimate of drug-likeness (QED) is 0.521. The molecule has 1 heteroatoms. The fraction of sp³-hybridized carbons (Fsp3) is 0.188. The Morgan fingerprint density at radius 1 is 0.824 bits per heavy atom. The van der Waals surface area contributed by atoms with Gasteiger partial charge in [0.2, 0.25) is 0 Å². The van der Waals surface area contributed by atoms with Crippen LogP contribution in [0.2, 0.25) is 0 Å². The van der Waals surface area contributed by atoms with Gasteiger partial charge in [-0.1, -0.05) is 55.8 Å². The Morgan fingerprint density at radius 2 is 1.47 bits per heavy atom. The molecule has 0 amide bonds.